The van der Waals surface area contributed by atoms with Crippen molar-refractivity contribution in [2.75, 3.05) is 0 Å². The van der Waals surface area contributed by atoms with Crippen molar-refractivity contribution in [3.8, 4) is 5.75 Å². The summed E-state index contributed by atoms with van der Waals surface area (Å²) in [6.45, 7) is 1.67. The Balaban J connectivity index is 1.77. The van der Waals surface area contributed by atoms with Crippen molar-refractivity contribution in [3.05, 3.63) is 86.3 Å². The van der Waals surface area contributed by atoms with Crippen LogP contribution in [-0.2, 0) is 32.9 Å². The van der Waals surface area contributed by atoms with E-state index >= 15 is 0 Å². The van der Waals surface area contributed by atoms with Crippen LogP contribution in [0.25, 0.3) is 0 Å². The van der Waals surface area contributed by atoms with Gasteiger partial charge in [0.25, 0.3) is 5.56 Å². The number of halogens is 3. The number of ether oxygens (including phenoxy) is 1. The van der Waals surface area contributed by atoms with Crippen molar-refractivity contribution in [2.45, 2.75) is 58.0 Å². The molecule has 2 aromatic heterocycles. The van der Waals surface area contributed by atoms with Crippen molar-refractivity contribution in [3.63, 3.8) is 0 Å². The Bertz CT molecular complexity index is 1430. The molecule has 38 heavy (non-hydrogen) atoms. The molecule has 2 unspecified atom stereocenters. The number of rotatable bonds is 8. The first-order valence-electron chi connectivity index (χ1n) is 12.3. The summed E-state index contributed by atoms with van der Waals surface area (Å²) in [6.07, 6.45) is -1.95. The molecule has 202 valence electrons. The summed E-state index contributed by atoms with van der Waals surface area (Å²) in [5, 5.41) is 9.66. The summed E-state index contributed by atoms with van der Waals surface area (Å²) in [5.74, 6) is -0.265. The van der Waals surface area contributed by atoms with E-state index < -0.39 is 23.7 Å². The number of hydrogen-bond acceptors (Lipinski definition) is 6. The van der Waals surface area contributed by atoms with E-state index in [9.17, 15) is 27.9 Å². The predicted octanol–water partition coefficient (Wildman–Crippen LogP) is 3.73. The fraction of sp³-hybridized carbons (Fsp3) is 0.407. The van der Waals surface area contributed by atoms with Crippen LogP contribution in [0.15, 0.2) is 63.2 Å². The number of aliphatic hydroxyl groups excluding tert-OH is 1. The van der Waals surface area contributed by atoms with Gasteiger partial charge in [-0.2, -0.15) is 0 Å². The van der Waals surface area contributed by atoms with Crippen LogP contribution in [-0.4, -0.2) is 37.4 Å². The van der Waals surface area contributed by atoms with E-state index in [0.29, 0.717) is 36.1 Å². The lowest BCUT2D eigenvalue weighted by Gasteiger charge is -2.18. The van der Waals surface area contributed by atoms with Crippen LogP contribution in [0.4, 0.5) is 19.0 Å². The molecule has 4 rings (SSSR count). The molecule has 0 fully saturated rings. The van der Waals surface area contributed by atoms with Gasteiger partial charge in [-0.1, -0.05) is 18.2 Å². The zero-order chi connectivity index (χ0) is 27.4. The highest BCUT2D eigenvalue weighted by Crippen LogP contribution is 2.29. The van der Waals surface area contributed by atoms with Crippen molar-refractivity contribution in [1.29, 1.82) is 0 Å². The quantitative estimate of drug-likeness (QED) is 0.479. The molecule has 2 atom stereocenters. The van der Waals surface area contributed by atoms with Gasteiger partial charge in [-0.3, -0.25) is 18.9 Å². The van der Waals surface area contributed by atoms with Gasteiger partial charge in [0.05, 0.1) is 11.7 Å². The summed E-state index contributed by atoms with van der Waals surface area (Å²) in [6, 6.07) is 11.3. The van der Waals surface area contributed by atoms with E-state index in [1.54, 1.807) is 25.3 Å². The van der Waals surface area contributed by atoms with Crippen LogP contribution in [0.1, 0.15) is 36.6 Å². The highest BCUT2D eigenvalue weighted by atomic mass is 19.4. The summed E-state index contributed by atoms with van der Waals surface area (Å²) in [7, 11) is 1.54. The fourth-order valence-electron chi connectivity index (χ4n) is 4.64. The van der Waals surface area contributed by atoms with Crippen LogP contribution in [0.3, 0.4) is 0 Å². The van der Waals surface area contributed by atoms with Crippen molar-refractivity contribution in [1.82, 2.24) is 14.1 Å². The first-order chi connectivity index (χ1) is 18.0. The van der Waals surface area contributed by atoms with Crippen molar-refractivity contribution >= 4 is 11.5 Å². The van der Waals surface area contributed by atoms with Crippen LogP contribution in [0.2, 0.25) is 0 Å². The van der Waals surface area contributed by atoms with Gasteiger partial charge in [0.1, 0.15) is 11.6 Å². The molecule has 3 heterocycles. The minimum absolute atomic E-state index is 0.0797. The third kappa shape index (κ3) is 6.58. The molecule has 11 heteroatoms. The molecule has 1 aliphatic rings. The molecule has 0 saturated heterocycles. The molecule has 1 aliphatic heterocycles. The second kappa shape index (κ2) is 11.3. The SMILES string of the molecule is CC(O)CCn1c(=O)c2c(n(C)c1=O)N=C(Cc1cccc(OC(F)(F)F)c1)C(Cc1ccccn1)CC2. The largest absolute Gasteiger partial charge is 0.573 e. The molecule has 1 aromatic carbocycles. The monoisotopic (exact) mass is 530 g/mol. The van der Waals surface area contributed by atoms with Gasteiger partial charge in [0.15, 0.2) is 0 Å². The molecule has 0 saturated carbocycles. The molecule has 0 bridgehead atoms. The number of aliphatic imine (C=N–C) groups is 1. The number of fused-ring (bicyclic) bond motifs is 1. The molecule has 8 nitrogen and oxygen atoms in total. The smallest absolute Gasteiger partial charge is 0.406 e. The molecule has 0 radical (unpaired) electrons. The highest BCUT2D eigenvalue weighted by Gasteiger charge is 2.31. The van der Waals surface area contributed by atoms with E-state index in [0.717, 1.165) is 10.3 Å². The number of alkyl halides is 3. The normalized spacial score (nSPS) is 16.4. The molecule has 0 amide bonds. The number of nitrogens with zero attached hydrogens (tertiary/aromatic N) is 4. The van der Waals surface area contributed by atoms with E-state index in [-0.39, 0.29) is 36.9 Å². The lowest BCUT2D eigenvalue weighted by atomic mass is 9.88. The van der Waals surface area contributed by atoms with Gasteiger partial charge in [-0.05, 0) is 62.4 Å². The molecular weight excluding hydrogens is 501 g/mol. The second-order valence-corrected chi connectivity index (χ2v) is 9.47. The van der Waals surface area contributed by atoms with Crippen molar-refractivity contribution in [2.24, 2.45) is 18.0 Å². The van der Waals surface area contributed by atoms with Gasteiger partial charge < -0.3 is 9.84 Å². The molecule has 0 spiro atoms. The summed E-state index contributed by atoms with van der Waals surface area (Å²) in [5.41, 5.74) is 1.42. The lowest BCUT2D eigenvalue weighted by Crippen LogP contribution is -2.41. The van der Waals surface area contributed by atoms with Gasteiger partial charge in [0, 0.05) is 43.5 Å². The third-order valence-electron chi connectivity index (χ3n) is 6.54. The summed E-state index contributed by atoms with van der Waals surface area (Å²) >= 11 is 0. The summed E-state index contributed by atoms with van der Waals surface area (Å²) < 4.78 is 44.9. The van der Waals surface area contributed by atoms with Crippen LogP contribution in [0.5, 0.6) is 5.75 Å². The number of aliphatic hydroxyl groups is 1. The van der Waals surface area contributed by atoms with E-state index in [4.69, 9.17) is 4.99 Å². The van der Waals surface area contributed by atoms with Crippen LogP contribution >= 0.6 is 0 Å². The van der Waals surface area contributed by atoms with E-state index in [1.807, 2.05) is 12.1 Å². The number of benzene rings is 1. The predicted molar refractivity (Wildman–Crippen MR) is 136 cm³/mol. The number of pyridine rings is 1. The Kier molecular flexibility index (Phi) is 8.15. The molecule has 0 aliphatic carbocycles. The second-order valence-electron chi connectivity index (χ2n) is 9.47. The maximum absolute atomic E-state index is 13.3. The molecule has 1 N–H and O–H groups in total. The topological polar surface area (TPSA) is 98.7 Å². The standard InChI is InChI=1S/C27H29F3N4O4/c1-17(35)11-13-34-25(36)22-10-9-19(16-20-7-3-4-12-31-20)23(32-24(22)33(2)26(34)37)15-18-6-5-8-21(14-18)38-27(28,29)30/h3-8,12,14,17,19,35H,9-11,13,15-16H2,1-2H3. The van der Waals surface area contributed by atoms with Gasteiger partial charge >= 0.3 is 12.1 Å². The first kappa shape index (κ1) is 27.3. The third-order valence-corrected chi connectivity index (χ3v) is 6.54. The Morgan fingerprint density at radius 3 is 2.66 bits per heavy atom. The maximum Gasteiger partial charge on any atom is 0.573 e. The zero-order valence-electron chi connectivity index (χ0n) is 21.1. The van der Waals surface area contributed by atoms with Crippen molar-refractivity contribution < 1.29 is 23.0 Å². The van der Waals surface area contributed by atoms with Gasteiger partial charge in [0.2, 0.25) is 0 Å². The van der Waals surface area contributed by atoms with Crippen LogP contribution < -0.4 is 16.0 Å². The zero-order valence-corrected chi connectivity index (χ0v) is 21.1. The number of aromatic nitrogens is 3. The average molecular weight is 531 g/mol. The Morgan fingerprint density at radius 2 is 1.97 bits per heavy atom. The Labute approximate surface area is 217 Å². The molecule has 3 aromatic rings. The number of hydrogen-bond donors (Lipinski definition) is 1. The first-order valence-corrected chi connectivity index (χ1v) is 12.3. The van der Waals surface area contributed by atoms with Gasteiger partial charge in [-0.25, -0.2) is 9.79 Å². The lowest BCUT2D eigenvalue weighted by molar-refractivity contribution is -0.274. The summed E-state index contributed by atoms with van der Waals surface area (Å²) in [4.78, 5) is 35.6. The Morgan fingerprint density at radius 1 is 1.18 bits per heavy atom. The molecular formula is C27H29F3N4O4. The van der Waals surface area contributed by atoms with E-state index in [1.165, 1.54) is 29.8 Å². The fourth-order valence-corrected chi connectivity index (χ4v) is 4.64. The van der Waals surface area contributed by atoms with E-state index in [2.05, 4.69) is 9.72 Å². The maximum atomic E-state index is 13.3. The Hall–Kier alpha value is -3.73. The minimum atomic E-state index is -4.81. The highest BCUT2D eigenvalue weighted by molar-refractivity contribution is 5.91. The minimum Gasteiger partial charge on any atom is -0.406 e. The average Bonchev–Trinajstić information content (AvgIpc) is 3.02. The van der Waals surface area contributed by atoms with Gasteiger partial charge in [-0.15, -0.1) is 13.2 Å². The van der Waals surface area contributed by atoms with Crippen LogP contribution in [0, 0.1) is 5.92 Å².